The van der Waals surface area contributed by atoms with Crippen molar-refractivity contribution in [2.45, 2.75) is 6.92 Å². The lowest BCUT2D eigenvalue weighted by Gasteiger charge is -2.11. The van der Waals surface area contributed by atoms with Gasteiger partial charge in [-0.05, 0) is 42.8 Å². The smallest absolute Gasteiger partial charge is 0.339 e. The van der Waals surface area contributed by atoms with Gasteiger partial charge in [-0.25, -0.2) is 10.2 Å². The molecule has 0 atom stereocenters. The second-order valence-corrected chi connectivity index (χ2v) is 5.65. The number of carbonyl (C=O) groups is 1. The molecule has 0 unspecified atom stereocenters. The zero-order valence-corrected chi connectivity index (χ0v) is 15.2. The van der Waals surface area contributed by atoms with Crippen molar-refractivity contribution in [3.63, 3.8) is 0 Å². The van der Waals surface area contributed by atoms with Gasteiger partial charge in [0.15, 0.2) is 11.5 Å². The highest BCUT2D eigenvalue weighted by atomic mass is 35.5. The predicted molar refractivity (Wildman–Crippen MR) is 100 cm³/mol. The molecule has 2 amide bonds. The van der Waals surface area contributed by atoms with E-state index in [1.54, 1.807) is 36.4 Å². The molecule has 25 heavy (non-hydrogen) atoms. The van der Waals surface area contributed by atoms with E-state index in [4.69, 9.17) is 32.7 Å². The molecule has 0 aromatic heterocycles. The minimum absolute atomic E-state index is 0.394. The Balaban J connectivity index is 2.01. The second-order valence-electron chi connectivity index (χ2n) is 4.80. The summed E-state index contributed by atoms with van der Waals surface area (Å²) in [6, 6.07) is 9.66. The monoisotopic (exact) mass is 381 g/mol. The Hall–Kier alpha value is -2.44. The number of amides is 2. The van der Waals surface area contributed by atoms with Gasteiger partial charge < -0.3 is 14.8 Å². The maximum atomic E-state index is 11.8. The van der Waals surface area contributed by atoms with E-state index in [2.05, 4.69) is 15.8 Å². The number of rotatable bonds is 6. The van der Waals surface area contributed by atoms with Crippen molar-refractivity contribution in [1.29, 1.82) is 0 Å². The number of halogens is 2. The van der Waals surface area contributed by atoms with Crippen molar-refractivity contribution in [1.82, 2.24) is 5.43 Å². The summed E-state index contributed by atoms with van der Waals surface area (Å²) in [5, 5.41) is 7.41. The van der Waals surface area contributed by atoms with E-state index in [0.717, 1.165) is 0 Å². The van der Waals surface area contributed by atoms with Crippen LogP contribution in [0.2, 0.25) is 10.0 Å². The Morgan fingerprint density at radius 2 is 2.08 bits per heavy atom. The lowest BCUT2D eigenvalue weighted by molar-refractivity contribution is 0.252. The van der Waals surface area contributed by atoms with Gasteiger partial charge >= 0.3 is 6.03 Å². The average Bonchev–Trinajstić information content (AvgIpc) is 2.57. The molecular weight excluding hydrogens is 365 g/mol. The van der Waals surface area contributed by atoms with Gasteiger partial charge in [-0.1, -0.05) is 29.3 Å². The molecule has 2 aromatic rings. The lowest BCUT2D eigenvalue weighted by atomic mass is 10.2. The quantitative estimate of drug-likeness (QED) is 0.569. The van der Waals surface area contributed by atoms with E-state index in [0.29, 0.717) is 39.4 Å². The minimum atomic E-state index is -0.498. The fraction of sp³-hybridized carbons (Fsp3) is 0.176. The number of nitrogens with zero attached hydrogens (tertiary/aromatic N) is 1. The third kappa shape index (κ3) is 5.55. The summed E-state index contributed by atoms with van der Waals surface area (Å²) >= 11 is 12.0. The average molecular weight is 382 g/mol. The van der Waals surface area contributed by atoms with Gasteiger partial charge in [0, 0.05) is 10.7 Å². The zero-order valence-electron chi connectivity index (χ0n) is 13.7. The molecule has 8 heteroatoms. The Morgan fingerprint density at radius 3 is 2.76 bits per heavy atom. The molecule has 0 aliphatic carbocycles. The molecule has 0 aliphatic rings. The molecule has 0 aliphatic heterocycles. The summed E-state index contributed by atoms with van der Waals surface area (Å²) in [6.07, 6.45) is 1.45. The number of hydrazone groups is 1. The molecule has 2 rings (SSSR count). The van der Waals surface area contributed by atoms with Crippen LogP contribution in [0.4, 0.5) is 10.5 Å². The summed E-state index contributed by atoms with van der Waals surface area (Å²) in [6.45, 7) is 2.32. The number of anilines is 1. The number of urea groups is 1. The highest BCUT2D eigenvalue weighted by Crippen LogP contribution is 2.35. The van der Waals surface area contributed by atoms with Crippen molar-refractivity contribution in [2.75, 3.05) is 19.0 Å². The van der Waals surface area contributed by atoms with Gasteiger partial charge in [0.25, 0.3) is 0 Å². The third-order valence-electron chi connectivity index (χ3n) is 3.00. The molecular formula is C17H17Cl2N3O3. The van der Waals surface area contributed by atoms with Crippen LogP contribution in [0.1, 0.15) is 12.5 Å². The summed E-state index contributed by atoms with van der Waals surface area (Å²) in [7, 11) is 1.52. The van der Waals surface area contributed by atoms with Crippen LogP contribution in [0, 0.1) is 0 Å². The minimum Gasteiger partial charge on any atom is -0.493 e. The van der Waals surface area contributed by atoms with Crippen LogP contribution in [-0.4, -0.2) is 26.0 Å². The number of methoxy groups -OCH3 is 1. The normalized spacial score (nSPS) is 10.6. The fourth-order valence-corrected chi connectivity index (χ4v) is 2.45. The van der Waals surface area contributed by atoms with Crippen LogP contribution in [0.3, 0.4) is 0 Å². The van der Waals surface area contributed by atoms with Gasteiger partial charge in [-0.2, -0.15) is 5.10 Å². The molecule has 132 valence electrons. The Bertz CT molecular complexity index is 782. The maximum absolute atomic E-state index is 11.8. The highest BCUT2D eigenvalue weighted by Gasteiger charge is 2.10. The SMILES string of the molecule is CCOc1c(Cl)cc(/C=N\NC(=O)Nc2cccc(Cl)c2)cc1OC. The lowest BCUT2D eigenvalue weighted by Crippen LogP contribution is -2.24. The van der Waals surface area contributed by atoms with E-state index in [1.165, 1.54) is 13.3 Å². The topological polar surface area (TPSA) is 72.0 Å². The summed E-state index contributed by atoms with van der Waals surface area (Å²) in [5.41, 5.74) is 3.56. The second kappa shape index (κ2) is 9.15. The Labute approximate surface area is 155 Å². The Morgan fingerprint density at radius 1 is 1.28 bits per heavy atom. The largest absolute Gasteiger partial charge is 0.493 e. The van der Waals surface area contributed by atoms with E-state index in [-0.39, 0.29) is 0 Å². The molecule has 0 heterocycles. The standard InChI is InChI=1S/C17H17Cl2N3O3/c1-3-25-16-14(19)7-11(8-15(16)24-2)10-20-22-17(23)21-13-6-4-5-12(18)9-13/h4-10H,3H2,1-2H3,(H2,21,22,23)/b20-10-. The van der Waals surface area contributed by atoms with E-state index >= 15 is 0 Å². The fourth-order valence-electron chi connectivity index (χ4n) is 1.99. The van der Waals surface area contributed by atoms with Gasteiger partial charge in [0.2, 0.25) is 0 Å². The maximum Gasteiger partial charge on any atom is 0.339 e. The first-order valence-corrected chi connectivity index (χ1v) is 8.15. The zero-order chi connectivity index (χ0) is 18.2. The van der Waals surface area contributed by atoms with Crippen LogP contribution < -0.4 is 20.2 Å². The van der Waals surface area contributed by atoms with Crippen molar-refractivity contribution >= 4 is 41.1 Å². The van der Waals surface area contributed by atoms with Crippen molar-refractivity contribution in [3.8, 4) is 11.5 Å². The van der Waals surface area contributed by atoms with Crippen molar-refractivity contribution < 1.29 is 14.3 Å². The van der Waals surface area contributed by atoms with E-state index < -0.39 is 6.03 Å². The predicted octanol–water partition coefficient (Wildman–Crippen LogP) is 4.56. The molecule has 2 N–H and O–H groups in total. The van der Waals surface area contributed by atoms with Gasteiger partial charge in [0.05, 0.1) is 25.0 Å². The number of benzene rings is 2. The number of ether oxygens (including phenoxy) is 2. The molecule has 0 spiro atoms. The van der Waals surface area contributed by atoms with Crippen LogP contribution in [0.15, 0.2) is 41.5 Å². The first kappa shape index (κ1) is 18.9. The van der Waals surface area contributed by atoms with Gasteiger partial charge in [0.1, 0.15) is 0 Å². The van der Waals surface area contributed by atoms with Crippen LogP contribution in [0.25, 0.3) is 0 Å². The van der Waals surface area contributed by atoms with Crippen molar-refractivity contribution in [3.05, 3.63) is 52.0 Å². The summed E-state index contributed by atoms with van der Waals surface area (Å²) in [5.74, 6) is 0.953. The van der Waals surface area contributed by atoms with Crippen LogP contribution in [-0.2, 0) is 0 Å². The van der Waals surface area contributed by atoms with E-state index in [9.17, 15) is 4.79 Å². The Kier molecular flexibility index (Phi) is 6.91. The van der Waals surface area contributed by atoms with Crippen LogP contribution >= 0.6 is 23.2 Å². The third-order valence-corrected chi connectivity index (χ3v) is 3.52. The first-order chi connectivity index (χ1) is 12.0. The number of hydrogen-bond donors (Lipinski definition) is 2. The molecule has 6 nitrogen and oxygen atoms in total. The molecule has 0 bridgehead atoms. The highest BCUT2D eigenvalue weighted by molar-refractivity contribution is 6.32. The first-order valence-electron chi connectivity index (χ1n) is 7.39. The van der Waals surface area contributed by atoms with Crippen molar-refractivity contribution in [2.24, 2.45) is 5.10 Å². The molecule has 0 radical (unpaired) electrons. The summed E-state index contributed by atoms with van der Waals surface area (Å²) < 4.78 is 10.7. The molecule has 0 saturated heterocycles. The van der Waals surface area contributed by atoms with E-state index in [1.807, 2.05) is 6.92 Å². The van der Waals surface area contributed by atoms with Gasteiger partial charge in [-0.15, -0.1) is 0 Å². The molecule has 2 aromatic carbocycles. The number of nitrogens with one attached hydrogen (secondary N) is 2. The van der Waals surface area contributed by atoms with Gasteiger partial charge in [-0.3, -0.25) is 0 Å². The molecule has 0 saturated carbocycles. The summed E-state index contributed by atoms with van der Waals surface area (Å²) in [4.78, 5) is 11.8. The number of hydrogen-bond acceptors (Lipinski definition) is 4. The van der Waals surface area contributed by atoms with Crippen LogP contribution in [0.5, 0.6) is 11.5 Å². The molecule has 0 fully saturated rings. The number of carbonyl (C=O) groups excluding carboxylic acids is 1.